The summed E-state index contributed by atoms with van der Waals surface area (Å²) in [5.41, 5.74) is 4.78. The molecule has 0 bridgehead atoms. The van der Waals surface area contributed by atoms with Crippen molar-refractivity contribution in [1.29, 1.82) is 0 Å². The molecule has 0 radical (unpaired) electrons. The van der Waals surface area contributed by atoms with Gasteiger partial charge in [-0.2, -0.15) is 0 Å². The van der Waals surface area contributed by atoms with Crippen LogP contribution in [0.4, 0.5) is 10.5 Å². The number of hydrogen-bond donors (Lipinski definition) is 3. The van der Waals surface area contributed by atoms with Gasteiger partial charge in [0, 0.05) is 24.5 Å². The van der Waals surface area contributed by atoms with Crippen molar-refractivity contribution in [2.24, 2.45) is 0 Å². The van der Waals surface area contributed by atoms with Crippen LogP contribution in [0.15, 0.2) is 30.5 Å². The van der Waals surface area contributed by atoms with Gasteiger partial charge in [0.1, 0.15) is 0 Å². The van der Waals surface area contributed by atoms with E-state index in [2.05, 4.69) is 20.9 Å². The quantitative estimate of drug-likeness (QED) is 0.699. The molecule has 7 heteroatoms. The molecule has 2 aromatic rings. The van der Waals surface area contributed by atoms with Crippen LogP contribution < -0.4 is 20.7 Å². The second-order valence-corrected chi connectivity index (χ2v) is 6.29. The molecule has 0 aliphatic heterocycles. The van der Waals surface area contributed by atoms with Crippen LogP contribution in [-0.4, -0.2) is 30.1 Å². The van der Waals surface area contributed by atoms with Crippen molar-refractivity contribution in [3.63, 3.8) is 0 Å². The number of urea groups is 1. The van der Waals surface area contributed by atoms with Crippen molar-refractivity contribution < 1.29 is 14.3 Å². The number of carbonyl (C=O) groups excluding carboxylic acids is 2. The fraction of sp³-hybridized carbons (Fsp3) is 0.350. The molecule has 0 saturated heterocycles. The van der Waals surface area contributed by atoms with Crippen LogP contribution in [0.1, 0.15) is 29.2 Å². The van der Waals surface area contributed by atoms with E-state index in [1.807, 2.05) is 39.8 Å². The summed E-state index contributed by atoms with van der Waals surface area (Å²) in [5.74, 6) is 0.239. The summed E-state index contributed by atoms with van der Waals surface area (Å²) < 4.78 is 5.32. The van der Waals surface area contributed by atoms with Crippen molar-refractivity contribution in [2.75, 3.05) is 18.5 Å². The zero-order valence-corrected chi connectivity index (χ0v) is 16.2. The van der Waals surface area contributed by atoms with Crippen LogP contribution in [0.5, 0.6) is 5.88 Å². The Morgan fingerprint density at radius 2 is 1.78 bits per heavy atom. The van der Waals surface area contributed by atoms with Gasteiger partial charge < -0.3 is 20.7 Å². The van der Waals surface area contributed by atoms with Crippen molar-refractivity contribution >= 4 is 17.6 Å². The normalized spacial score (nSPS) is 10.2. The zero-order chi connectivity index (χ0) is 19.8. The number of ether oxygens (including phenoxy) is 1. The van der Waals surface area contributed by atoms with E-state index in [0.717, 1.165) is 27.9 Å². The molecule has 3 amide bonds. The Kier molecular flexibility index (Phi) is 7.16. The number of aromatic nitrogens is 1. The molecule has 144 valence electrons. The molecule has 0 fully saturated rings. The highest BCUT2D eigenvalue weighted by atomic mass is 16.5. The van der Waals surface area contributed by atoms with Crippen molar-refractivity contribution in [1.82, 2.24) is 15.6 Å². The molecule has 0 unspecified atom stereocenters. The molecule has 7 nitrogen and oxygen atoms in total. The summed E-state index contributed by atoms with van der Waals surface area (Å²) in [6.45, 7) is 8.51. The van der Waals surface area contributed by atoms with Crippen LogP contribution in [0, 0.1) is 20.8 Å². The lowest BCUT2D eigenvalue weighted by Gasteiger charge is -2.13. The van der Waals surface area contributed by atoms with Gasteiger partial charge in [-0.25, -0.2) is 9.78 Å². The smallest absolute Gasteiger partial charge is 0.315 e. The van der Waals surface area contributed by atoms with Crippen LogP contribution in [0.2, 0.25) is 0 Å². The van der Waals surface area contributed by atoms with E-state index in [-0.39, 0.29) is 12.5 Å². The van der Waals surface area contributed by atoms with Crippen molar-refractivity contribution in [2.45, 2.75) is 34.2 Å². The molecule has 0 saturated carbocycles. The van der Waals surface area contributed by atoms with Crippen molar-refractivity contribution in [3.05, 3.63) is 52.7 Å². The third kappa shape index (κ3) is 6.29. The van der Waals surface area contributed by atoms with Gasteiger partial charge in [0.05, 0.1) is 13.2 Å². The number of anilines is 1. The largest absolute Gasteiger partial charge is 0.478 e. The summed E-state index contributed by atoms with van der Waals surface area (Å²) in [5, 5.41) is 8.11. The summed E-state index contributed by atoms with van der Waals surface area (Å²) >= 11 is 0. The first-order valence-electron chi connectivity index (χ1n) is 8.86. The third-order valence-corrected chi connectivity index (χ3v) is 3.90. The fourth-order valence-corrected chi connectivity index (χ4v) is 2.75. The average molecular weight is 370 g/mol. The number of aryl methyl sites for hydroxylation is 3. The predicted octanol–water partition coefficient (Wildman–Crippen LogP) is 2.84. The maximum Gasteiger partial charge on any atom is 0.315 e. The summed E-state index contributed by atoms with van der Waals surface area (Å²) in [4.78, 5) is 28.1. The Balaban J connectivity index is 1.80. The molecule has 1 aromatic heterocycles. The molecule has 1 heterocycles. The highest BCUT2D eigenvalue weighted by molar-refractivity contribution is 5.95. The van der Waals surface area contributed by atoms with E-state index >= 15 is 0 Å². The molecule has 0 spiro atoms. The van der Waals surface area contributed by atoms with Gasteiger partial charge in [0.15, 0.2) is 0 Å². The van der Waals surface area contributed by atoms with E-state index in [0.29, 0.717) is 19.0 Å². The molecule has 1 aromatic carbocycles. The Morgan fingerprint density at radius 1 is 1.07 bits per heavy atom. The standard InChI is InChI=1S/C20H26N4O3/c1-5-27-18-10-16(6-7-21-18)11-22-20(26)23-12-17(25)24-19-14(3)8-13(2)9-15(19)4/h6-10H,5,11-12H2,1-4H3,(H,24,25)(H2,22,23,26). The third-order valence-electron chi connectivity index (χ3n) is 3.90. The van der Waals surface area contributed by atoms with E-state index in [4.69, 9.17) is 4.74 Å². The monoisotopic (exact) mass is 370 g/mol. The predicted molar refractivity (Wildman–Crippen MR) is 105 cm³/mol. The van der Waals surface area contributed by atoms with Crippen LogP contribution in [-0.2, 0) is 11.3 Å². The van der Waals surface area contributed by atoms with Gasteiger partial charge in [0.25, 0.3) is 0 Å². The fourth-order valence-electron chi connectivity index (χ4n) is 2.75. The van der Waals surface area contributed by atoms with Crippen LogP contribution in [0.25, 0.3) is 0 Å². The first kappa shape index (κ1) is 20.2. The van der Waals surface area contributed by atoms with Gasteiger partial charge in [-0.15, -0.1) is 0 Å². The lowest BCUT2D eigenvalue weighted by Crippen LogP contribution is -2.39. The number of hydrogen-bond acceptors (Lipinski definition) is 4. The van der Waals surface area contributed by atoms with E-state index < -0.39 is 6.03 Å². The molecule has 2 rings (SSSR count). The van der Waals surface area contributed by atoms with E-state index in [9.17, 15) is 9.59 Å². The minimum absolute atomic E-state index is 0.112. The highest BCUT2D eigenvalue weighted by Crippen LogP contribution is 2.21. The maximum absolute atomic E-state index is 12.1. The van der Waals surface area contributed by atoms with Crippen molar-refractivity contribution in [3.8, 4) is 5.88 Å². The Bertz CT molecular complexity index is 798. The maximum atomic E-state index is 12.1. The molecular formula is C20H26N4O3. The highest BCUT2D eigenvalue weighted by Gasteiger charge is 2.10. The van der Waals surface area contributed by atoms with E-state index in [1.165, 1.54) is 0 Å². The molecule has 0 aliphatic carbocycles. The van der Waals surface area contributed by atoms with Gasteiger partial charge in [-0.3, -0.25) is 4.79 Å². The second kappa shape index (κ2) is 9.56. The number of nitrogens with zero attached hydrogens (tertiary/aromatic N) is 1. The molecule has 0 atom stereocenters. The minimum Gasteiger partial charge on any atom is -0.478 e. The minimum atomic E-state index is -0.419. The number of benzene rings is 1. The number of carbonyl (C=O) groups is 2. The Labute approximate surface area is 159 Å². The Hall–Kier alpha value is -3.09. The first-order valence-corrected chi connectivity index (χ1v) is 8.86. The summed E-state index contributed by atoms with van der Waals surface area (Å²) in [6.07, 6.45) is 1.62. The van der Waals surface area contributed by atoms with Gasteiger partial charge in [-0.05, 0) is 50.5 Å². The van der Waals surface area contributed by atoms with Crippen LogP contribution >= 0.6 is 0 Å². The number of nitrogens with one attached hydrogen (secondary N) is 3. The lowest BCUT2D eigenvalue weighted by molar-refractivity contribution is -0.115. The molecular weight excluding hydrogens is 344 g/mol. The van der Waals surface area contributed by atoms with Gasteiger partial charge >= 0.3 is 6.03 Å². The number of amides is 3. The topological polar surface area (TPSA) is 92.4 Å². The Morgan fingerprint density at radius 3 is 2.44 bits per heavy atom. The SMILES string of the molecule is CCOc1cc(CNC(=O)NCC(=O)Nc2c(C)cc(C)cc2C)ccn1. The molecule has 3 N–H and O–H groups in total. The second-order valence-electron chi connectivity index (χ2n) is 6.29. The van der Waals surface area contributed by atoms with Gasteiger partial charge in [-0.1, -0.05) is 17.7 Å². The lowest BCUT2D eigenvalue weighted by atomic mass is 10.1. The molecule has 27 heavy (non-hydrogen) atoms. The van der Waals surface area contributed by atoms with E-state index in [1.54, 1.807) is 18.3 Å². The zero-order valence-electron chi connectivity index (χ0n) is 16.2. The number of rotatable bonds is 7. The average Bonchev–Trinajstić information content (AvgIpc) is 2.62. The van der Waals surface area contributed by atoms with Gasteiger partial charge in [0.2, 0.25) is 11.8 Å². The summed E-state index contributed by atoms with van der Waals surface area (Å²) in [6, 6.07) is 7.15. The van der Waals surface area contributed by atoms with Crippen LogP contribution in [0.3, 0.4) is 0 Å². The summed E-state index contributed by atoms with van der Waals surface area (Å²) in [7, 11) is 0. The molecule has 0 aliphatic rings. The first-order chi connectivity index (χ1) is 12.9. The number of pyridine rings is 1.